The fourth-order valence-electron chi connectivity index (χ4n) is 3.40. The van der Waals surface area contributed by atoms with Crippen LogP contribution in [0, 0.1) is 17.8 Å². The molecule has 22 heavy (non-hydrogen) atoms. The van der Waals surface area contributed by atoms with E-state index in [1.54, 1.807) is 0 Å². The van der Waals surface area contributed by atoms with Crippen molar-refractivity contribution in [1.29, 1.82) is 0 Å². The maximum Gasteiger partial charge on any atom is 0.226 e. The number of halogens is 1. The second-order valence-electron chi connectivity index (χ2n) is 6.62. The summed E-state index contributed by atoms with van der Waals surface area (Å²) in [5, 5.41) is 2.99. The van der Waals surface area contributed by atoms with Gasteiger partial charge in [0.25, 0.3) is 0 Å². The van der Waals surface area contributed by atoms with Crippen molar-refractivity contribution in [3.8, 4) is 0 Å². The average Bonchev–Trinajstić information content (AvgIpc) is 3.05. The standard InChI is InChI=1S/C16H29N3O2.ClH/c1-12(10-17)11-18-15(20)13-6-2-3-7-14(13)16(21)19-8-4-5-9-19;/h12-14H,2-11,17H2,1H3,(H,18,20);1H. The van der Waals surface area contributed by atoms with Crippen molar-refractivity contribution in [3.05, 3.63) is 0 Å². The van der Waals surface area contributed by atoms with Gasteiger partial charge in [-0.2, -0.15) is 0 Å². The first-order valence-electron chi connectivity index (χ1n) is 8.40. The van der Waals surface area contributed by atoms with Gasteiger partial charge in [-0.15, -0.1) is 12.4 Å². The van der Waals surface area contributed by atoms with Gasteiger partial charge >= 0.3 is 0 Å². The Morgan fingerprint density at radius 2 is 1.73 bits per heavy atom. The molecule has 1 aliphatic carbocycles. The van der Waals surface area contributed by atoms with Gasteiger partial charge in [-0.1, -0.05) is 19.8 Å². The molecule has 1 heterocycles. The number of hydrogen-bond acceptors (Lipinski definition) is 3. The van der Waals surface area contributed by atoms with Crippen LogP contribution in [0.5, 0.6) is 0 Å². The number of likely N-dealkylation sites (tertiary alicyclic amines) is 1. The second-order valence-corrected chi connectivity index (χ2v) is 6.62. The van der Waals surface area contributed by atoms with Crippen molar-refractivity contribution in [3.63, 3.8) is 0 Å². The van der Waals surface area contributed by atoms with Crippen LogP contribution >= 0.6 is 12.4 Å². The van der Waals surface area contributed by atoms with Crippen LogP contribution in [0.2, 0.25) is 0 Å². The Bertz CT molecular complexity index is 372. The molecule has 2 amide bonds. The van der Waals surface area contributed by atoms with E-state index in [2.05, 4.69) is 5.32 Å². The van der Waals surface area contributed by atoms with E-state index in [4.69, 9.17) is 5.73 Å². The van der Waals surface area contributed by atoms with Gasteiger partial charge in [0.15, 0.2) is 0 Å². The molecule has 0 radical (unpaired) electrons. The third kappa shape index (κ3) is 4.85. The summed E-state index contributed by atoms with van der Waals surface area (Å²) >= 11 is 0. The Morgan fingerprint density at radius 3 is 2.32 bits per heavy atom. The van der Waals surface area contributed by atoms with E-state index in [0.717, 1.165) is 51.6 Å². The number of carbonyl (C=O) groups is 2. The molecule has 6 heteroatoms. The smallest absolute Gasteiger partial charge is 0.226 e. The van der Waals surface area contributed by atoms with Crippen molar-refractivity contribution in [1.82, 2.24) is 10.2 Å². The van der Waals surface area contributed by atoms with Crippen molar-refractivity contribution in [2.75, 3.05) is 26.2 Å². The zero-order valence-corrected chi connectivity index (χ0v) is 14.4. The van der Waals surface area contributed by atoms with Gasteiger partial charge in [-0.05, 0) is 38.1 Å². The van der Waals surface area contributed by atoms with Crippen LogP contribution in [0.25, 0.3) is 0 Å². The van der Waals surface area contributed by atoms with E-state index in [0.29, 0.717) is 13.1 Å². The molecule has 2 aliphatic rings. The van der Waals surface area contributed by atoms with Crippen molar-refractivity contribution >= 4 is 24.2 Å². The highest BCUT2D eigenvalue weighted by atomic mass is 35.5. The van der Waals surface area contributed by atoms with Crippen molar-refractivity contribution in [2.24, 2.45) is 23.5 Å². The van der Waals surface area contributed by atoms with E-state index in [1.807, 2.05) is 11.8 Å². The summed E-state index contributed by atoms with van der Waals surface area (Å²) in [6.45, 7) is 4.94. The van der Waals surface area contributed by atoms with Gasteiger partial charge in [0.2, 0.25) is 11.8 Å². The van der Waals surface area contributed by atoms with Crippen LogP contribution in [0.1, 0.15) is 45.4 Å². The normalized spacial score (nSPS) is 26.2. The van der Waals surface area contributed by atoms with E-state index in [9.17, 15) is 9.59 Å². The lowest BCUT2D eigenvalue weighted by molar-refractivity contribution is -0.142. The molecule has 0 bridgehead atoms. The van der Waals surface area contributed by atoms with E-state index >= 15 is 0 Å². The molecule has 2 fully saturated rings. The Labute approximate surface area is 139 Å². The molecule has 0 aromatic rings. The molecule has 3 unspecified atom stereocenters. The summed E-state index contributed by atoms with van der Waals surface area (Å²) in [5.74, 6) is 0.291. The Morgan fingerprint density at radius 1 is 1.14 bits per heavy atom. The molecule has 1 aliphatic heterocycles. The summed E-state index contributed by atoms with van der Waals surface area (Å²) in [7, 11) is 0. The zero-order chi connectivity index (χ0) is 15.2. The minimum absolute atomic E-state index is 0. The molecule has 5 nitrogen and oxygen atoms in total. The molecule has 3 atom stereocenters. The zero-order valence-electron chi connectivity index (χ0n) is 13.6. The molecule has 0 aromatic heterocycles. The summed E-state index contributed by atoms with van der Waals surface area (Å²) in [4.78, 5) is 27.0. The van der Waals surface area contributed by atoms with Crippen LogP contribution < -0.4 is 11.1 Å². The molecule has 1 saturated heterocycles. The van der Waals surface area contributed by atoms with Gasteiger partial charge in [0, 0.05) is 31.5 Å². The number of rotatable bonds is 5. The Kier molecular flexibility index (Phi) is 8.18. The third-order valence-electron chi connectivity index (χ3n) is 4.86. The summed E-state index contributed by atoms with van der Waals surface area (Å²) in [6, 6.07) is 0. The lowest BCUT2D eigenvalue weighted by atomic mass is 9.77. The Balaban J connectivity index is 0.00000242. The number of nitrogens with zero attached hydrogens (tertiary/aromatic N) is 1. The maximum absolute atomic E-state index is 12.6. The van der Waals surface area contributed by atoms with Gasteiger partial charge in [-0.25, -0.2) is 0 Å². The summed E-state index contributed by atoms with van der Waals surface area (Å²) in [5.41, 5.74) is 5.58. The van der Waals surface area contributed by atoms with Gasteiger partial charge in [-0.3, -0.25) is 9.59 Å². The lowest BCUT2D eigenvalue weighted by Gasteiger charge is -2.32. The second kappa shape index (κ2) is 9.36. The fourth-order valence-corrected chi connectivity index (χ4v) is 3.40. The quantitative estimate of drug-likeness (QED) is 0.802. The molecule has 128 valence electrons. The SMILES string of the molecule is CC(CN)CNC(=O)C1CCCCC1C(=O)N1CCCC1.Cl. The van der Waals surface area contributed by atoms with Crippen molar-refractivity contribution < 1.29 is 9.59 Å². The van der Waals surface area contributed by atoms with E-state index in [-0.39, 0.29) is 42.0 Å². The molecule has 0 aromatic carbocycles. The van der Waals surface area contributed by atoms with E-state index < -0.39 is 0 Å². The number of nitrogens with two attached hydrogens (primary N) is 1. The topological polar surface area (TPSA) is 75.4 Å². The van der Waals surface area contributed by atoms with Crippen molar-refractivity contribution in [2.45, 2.75) is 45.4 Å². The predicted molar refractivity (Wildman–Crippen MR) is 89.7 cm³/mol. The minimum Gasteiger partial charge on any atom is -0.356 e. The van der Waals surface area contributed by atoms with Crippen LogP contribution in [0.4, 0.5) is 0 Å². The predicted octanol–water partition coefficient (Wildman–Crippen LogP) is 1.55. The number of nitrogens with one attached hydrogen (secondary N) is 1. The van der Waals surface area contributed by atoms with Crippen LogP contribution in [-0.2, 0) is 9.59 Å². The van der Waals surface area contributed by atoms with Crippen LogP contribution in [0.15, 0.2) is 0 Å². The molecule has 1 saturated carbocycles. The summed E-state index contributed by atoms with van der Waals surface area (Å²) in [6.07, 6.45) is 6.02. The summed E-state index contributed by atoms with van der Waals surface area (Å²) < 4.78 is 0. The molecule has 3 N–H and O–H groups in total. The number of carbonyl (C=O) groups excluding carboxylic acids is 2. The monoisotopic (exact) mass is 331 g/mol. The molecular weight excluding hydrogens is 302 g/mol. The highest BCUT2D eigenvalue weighted by molar-refractivity contribution is 5.88. The number of amides is 2. The van der Waals surface area contributed by atoms with Gasteiger partial charge in [0.05, 0.1) is 0 Å². The molecule has 0 spiro atoms. The first-order chi connectivity index (χ1) is 10.1. The lowest BCUT2D eigenvalue weighted by Crippen LogP contribution is -2.45. The third-order valence-corrected chi connectivity index (χ3v) is 4.86. The largest absolute Gasteiger partial charge is 0.356 e. The first-order valence-corrected chi connectivity index (χ1v) is 8.40. The minimum atomic E-state index is -0.142. The van der Waals surface area contributed by atoms with Crippen LogP contribution in [-0.4, -0.2) is 42.9 Å². The van der Waals surface area contributed by atoms with Crippen LogP contribution in [0.3, 0.4) is 0 Å². The van der Waals surface area contributed by atoms with E-state index in [1.165, 1.54) is 0 Å². The molecular formula is C16H30ClN3O2. The fraction of sp³-hybridized carbons (Fsp3) is 0.875. The van der Waals surface area contributed by atoms with Gasteiger partial charge in [0.1, 0.15) is 0 Å². The first kappa shape index (κ1) is 19.2. The highest BCUT2D eigenvalue weighted by Crippen LogP contribution is 2.32. The maximum atomic E-state index is 12.6. The molecule has 2 rings (SSSR count). The number of hydrogen-bond donors (Lipinski definition) is 2. The highest BCUT2D eigenvalue weighted by Gasteiger charge is 2.38. The Hall–Kier alpha value is -0.810. The average molecular weight is 332 g/mol. The van der Waals surface area contributed by atoms with Gasteiger partial charge < -0.3 is 16.0 Å².